The molecule has 0 spiro atoms. The summed E-state index contributed by atoms with van der Waals surface area (Å²) in [4.78, 5) is 14.2. The summed E-state index contributed by atoms with van der Waals surface area (Å²) < 4.78 is 0. The first-order valence-corrected chi connectivity index (χ1v) is 6.77. The summed E-state index contributed by atoms with van der Waals surface area (Å²) in [5.41, 5.74) is 3.47. The van der Waals surface area contributed by atoms with Crippen LogP contribution in [0.1, 0.15) is 18.4 Å². The molecule has 19 heavy (non-hydrogen) atoms. The Morgan fingerprint density at radius 3 is 2.89 bits per heavy atom. The molecule has 0 amide bonds. The third-order valence-corrected chi connectivity index (χ3v) is 4.25. The number of aliphatic hydroxyl groups is 1. The van der Waals surface area contributed by atoms with Gasteiger partial charge in [-0.15, -0.1) is 0 Å². The molecule has 5 nitrogen and oxygen atoms in total. The Kier molecular flexibility index (Phi) is 2.35. The summed E-state index contributed by atoms with van der Waals surface area (Å²) in [6, 6.07) is 0. The van der Waals surface area contributed by atoms with Crippen LogP contribution in [0.15, 0.2) is 17.4 Å². The van der Waals surface area contributed by atoms with E-state index in [0.717, 1.165) is 42.8 Å². The van der Waals surface area contributed by atoms with E-state index in [-0.39, 0.29) is 0 Å². The molecular weight excluding hydrogens is 240 g/mol. The predicted octanol–water partition coefficient (Wildman–Crippen LogP) is 1.84. The maximum atomic E-state index is 9.22. The van der Waals surface area contributed by atoms with Crippen LogP contribution in [0.3, 0.4) is 0 Å². The van der Waals surface area contributed by atoms with Gasteiger partial charge >= 0.3 is 0 Å². The summed E-state index contributed by atoms with van der Waals surface area (Å²) in [5, 5.41) is 10.5. The Bertz CT molecular complexity index is 653. The first kappa shape index (κ1) is 11.0. The second-order valence-electron chi connectivity index (χ2n) is 5.33. The van der Waals surface area contributed by atoms with Crippen LogP contribution >= 0.6 is 0 Å². The van der Waals surface area contributed by atoms with Gasteiger partial charge in [0.15, 0.2) is 5.82 Å². The summed E-state index contributed by atoms with van der Waals surface area (Å²) >= 11 is 0. The van der Waals surface area contributed by atoms with E-state index < -0.39 is 0 Å². The molecule has 2 aromatic rings. The second-order valence-corrected chi connectivity index (χ2v) is 5.33. The van der Waals surface area contributed by atoms with E-state index in [9.17, 15) is 5.11 Å². The predicted molar refractivity (Wildman–Crippen MR) is 75.4 cm³/mol. The van der Waals surface area contributed by atoms with Gasteiger partial charge in [-0.2, -0.15) is 0 Å². The van der Waals surface area contributed by atoms with Crippen molar-refractivity contribution in [3.05, 3.63) is 18.0 Å². The van der Waals surface area contributed by atoms with Crippen LogP contribution < -0.4 is 4.90 Å². The van der Waals surface area contributed by atoms with Crippen molar-refractivity contribution in [3.63, 3.8) is 0 Å². The van der Waals surface area contributed by atoms with Crippen LogP contribution in [0.2, 0.25) is 0 Å². The fourth-order valence-corrected chi connectivity index (χ4v) is 3.01. The Labute approximate surface area is 111 Å². The lowest BCUT2D eigenvalue weighted by atomic mass is 9.97. The summed E-state index contributed by atoms with van der Waals surface area (Å²) in [6.45, 7) is 2.33. The summed E-state index contributed by atoms with van der Waals surface area (Å²) in [7, 11) is 0. The minimum atomic E-state index is 0.313. The smallest absolute Gasteiger partial charge is 0.161 e. The third-order valence-electron chi connectivity index (χ3n) is 4.25. The Morgan fingerprint density at radius 2 is 2.21 bits per heavy atom. The van der Waals surface area contributed by atoms with Crippen molar-refractivity contribution in [2.24, 2.45) is 10.9 Å². The molecule has 0 aromatic carbocycles. The topological polar surface area (TPSA) is 64.5 Å². The highest BCUT2D eigenvalue weighted by molar-refractivity contribution is 6.12. The van der Waals surface area contributed by atoms with Gasteiger partial charge in [0.25, 0.3) is 0 Å². The average Bonchev–Trinajstić information content (AvgIpc) is 2.82. The number of nitrogens with one attached hydrogen (secondary N) is 1. The van der Waals surface area contributed by atoms with Crippen LogP contribution in [0, 0.1) is 5.92 Å². The SMILES string of the molecule is OCC1CCN(c2c[nH]c3cnc4c(c23)C=N4)CC1. The number of aliphatic imine (C=N–C) groups is 1. The number of aromatic amines is 1. The van der Waals surface area contributed by atoms with E-state index in [4.69, 9.17) is 0 Å². The van der Waals surface area contributed by atoms with Gasteiger partial charge in [-0.05, 0) is 18.8 Å². The lowest BCUT2D eigenvalue weighted by Gasteiger charge is -2.32. The van der Waals surface area contributed by atoms with E-state index in [1.165, 1.54) is 11.1 Å². The zero-order valence-corrected chi connectivity index (χ0v) is 10.6. The molecule has 0 radical (unpaired) electrons. The van der Waals surface area contributed by atoms with Crippen molar-refractivity contribution in [1.29, 1.82) is 0 Å². The van der Waals surface area contributed by atoms with Gasteiger partial charge in [-0.3, -0.25) is 0 Å². The van der Waals surface area contributed by atoms with Crippen LogP contribution in [-0.2, 0) is 0 Å². The third kappa shape index (κ3) is 1.58. The largest absolute Gasteiger partial charge is 0.396 e. The zero-order valence-electron chi connectivity index (χ0n) is 10.6. The fourth-order valence-electron chi connectivity index (χ4n) is 3.01. The number of H-pyrrole nitrogens is 1. The quantitative estimate of drug-likeness (QED) is 0.735. The highest BCUT2D eigenvalue weighted by Crippen LogP contribution is 2.37. The molecule has 98 valence electrons. The molecule has 5 heteroatoms. The first-order valence-electron chi connectivity index (χ1n) is 6.77. The normalized spacial score (nSPS) is 18.7. The number of nitrogens with zero attached hydrogens (tertiary/aromatic N) is 3. The van der Waals surface area contributed by atoms with Gasteiger partial charge in [0, 0.05) is 43.1 Å². The number of pyridine rings is 1. The molecule has 1 saturated heterocycles. The molecule has 0 saturated carbocycles. The van der Waals surface area contributed by atoms with E-state index in [1.54, 1.807) is 0 Å². The highest BCUT2D eigenvalue weighted by Gasteiger charge is 2.24. The van der Waals surface area contributed by atoms with E-state index in [1.807, 2.05) is 12.4 Å². The molecule has 2 aromatic heterocycles. The summed E-state index contributed by atoms with van der Waals surface area (Å²) in [5.74, 6) is 1.31. The first-order chi connectivity index (χ1) is 9.36. The molecular formula is C14H16N4O. The van der Waals surface area contributed by atoms with Crippen molar-refractivity contribution < 1.29 is 5.11 Å². The number of anilines is 1. The molecule has 0 bridgehead atoms. The van der Waals surface area contributed by atoms with Gasteiger partial charge in [0.1, 0.15) is 0 Å². The molecule has 0 atom stereocenters. The van der Waals surface area contributed by atoms with Crippen molar-refractivity contribution in [1.82, 2.24) is 9.97 Å². The molecule has 0 aliphatic carbocycles. The maximum absolute atomic E-state index is 9.22. The lowest BCUT2D eigenvalue weighted by Crippen LogP contribution is -2.34. The van der Waals surface area contributed by atoms with Crippen molar-refractivity contribution in [2.75, 3.05) is 24.6 Å². The second kappa shape index (κ2) is 4.06. The molecule has 1 fully saturated rings. The molecule has 0 unspecified atom stereocenters. The fraction of sp³-hybridized carbons (Fsp3) is 0.429. The van der Waals surface area contributed by atoms with Crippen LogP contribution in [-0.4, -0.2) is 41.0 Å². The van der Waals surface area contributed by atoms with Crippen LogP contribution in [0.4, 0.5) is 11.5 Å². The standard InChI is InChI=1S/C14H16N4O/c19-8-9-1-3-18(4-2-9)12-7-15-11-6-17-14-10(5-16-14)13(11)12/h5-7,9,15,19H,1-4,8H2. The zero-order chi connectivity index (χ0) is 12.8. The minimum absolute atomic E-state index is 0.313. The van der Waals surface area contributed by atoms with Gasteiger partial charge < -0.3 is 15.0 Å². The van der Waals surface area contributed by atoms with E-state index in [0.29, 0.717) is 12.5 Å². The lowest BCUT2D eigenvalue weighted by molar-refractivity contribution is 0.203. The van der Waals surface area contributed by atoms with Gasteiger partial charge in [0.05, 0.1) is 17.4 Å². The number of hydrogen-bond acceptors (Lipinski definition) is 4. The molecule has 2 N–H and O–H groups in total. The highest BCUT2D eigenvalue weighted by atomic mass is 16.3. The van der Waals surface area contributed by atoms with E-state index >= 15 is 0 Å². The molecule has 2 aliphatic rings. The molecule has 4 heterocycles. The van der Waals surface area contributed by atoms with Crippen molar-refractivity contribution in [2.45, 2.75) is 12.8 Å². The van der Waals surface area contributed by atoms with Crippen molar-refractivity contribution in [3.8, 4) is 0 Å². The average molecular weight is 256 g/mol. The van der Waals surface area contributed by atoms with E-state index in [2.05, 4.69) is 26.1 Å². The van der Waals surface area contributed by atoms with Gasteiger partial charge in [-0.25, -0.2) is 9.98 Å². The van der Waals surface area contributed by atoms with Gasteiger partial charge in [0.2, 0.25) is 0 Å². The number of aromatic nitrogens is 2. The monoisotopic (exact) mass is 256 g/mol. The Hall–Kier alpha value is -1.88. The number of aliphatic hydroxyl groups excluding tert-OH is 1. The minimum Gasteiger partial charge on any atom is -0.396 e. The summed E-state index contributed by atoms with van der Waals surface area (Å²) in [6.07, 6.45) is 7.93. The Balaban J connectivity index is 1.71. The number of hydrogen-bond donors (Lipinski definition) is 2. The van der Waals surface area contributed by atoms with Crippen molar-refractivity contribution >= 4 is 28.6 Å². The van der Waals surface area contributed by atoms with Crippen LogP contribution in [0.25, 0.3) is 10.9 Å². The number of fused-ring (bicyclic) bond motifs is 3. The maximum Gasteiger partial charge on any atom is 0.161 e. The van der Waals surface area contributed by atoms with Gasteiger partial charge in [-0.1, -0.05) is 0 Å². The Morgan fingerprint density at radius 1 is 1.37 bits per heavy atom. The number of rotatable bonds is 2. The van der Waals surface area contributed by atoms with Crippen LogP contribution in [0.5, 0.6) is 0 Å². The number of piperidine rings is 1. The molecule has 4 rings (SSSR count). The molecule has 2 aliphatic heterocycles.